The molecule has 0 amide bonds. The highest BCUT2D eigenvalue weighted by Gasteiger charge is 2.42. The Morgan fingerprint density at radius 2 is 1.76 bits per heavy atom. The molecule has 1 aliphatic heterocycles. The van der Waals surface area contributed by atoms with Crippen molar-refractivity contribution in [2.45, 2.75) is 63.1 Å². The number of ketones is 1. The molecule has 37 heavy (non-hydrogen) atoms. The molecular formula is C28H31F3N4O2. The summed E-state index contributed by atoms with van der Waals surface area (Å²) < 4.78 is 46.5. The number of pyridine rings is 1. The number of benzene rings is 1. The van der Waals surface area contributed by atoms with Crippen LogP contribution in [0.25, 0.3) is 0 Å². The first-order valence-electron chi connectivity index (χ1n) is 12.9. The fourth-order valence-electron chi connectivity index (χ4n) is 5.43. The molecule has 0 radical (unpaired) electrons. The maximum Gasteiger partial charge on any atom is 0.437 e. The number of anilines is 2. The molecule has 196 valence electrons. The number of oxazole rings is 1. The number of carbonyl (C=O) groups excluding carboxylic acids is 1. The smallest absolute Gasteiger partial charge is 0.420 e. The van der Waals surface area contributed by atoms with Crippen molar-refractivity contribution in [1.29, 1.82) is 0 Å². The van der Waals surface area contributed by atoms with Gasteiger partial charge in [0.15, 0.2) is 5.69 Å². The fourth-order valence-corrected chi connectivity index (χ4v) is 5.43. The van der Waals surface area contributed by atoms with Gasteiger partial charge in [0.25, 0.3) is 6.01 Å². The molecule has 1 aliphatic carbocycles. The van der Waals surface area contributed by atoms with Crippen LogP contribution in [0.15, 0.2) is 53.1 Å². The van der Waals surface area contributed by atoms with Gasteiger partial charge in [0.2, 0.25) is 11.5 Å². The Bertz CT molecular complexity index is 1200. The Balaban J connectivity index is 1.24. The van der Waals surface area contributed by atoms with Crippen molar-refractivity contribution >= 4 is 17.6 Å². The molecule has 9 heteroatoms. The second-order valence-electron chi connectivity index (χ2n) is 10.0. The van der Waals surface area contributed by atoms with Crippen LogP contribution in [0.1, 0.15) is 71.8 Å². The third kappa shape index (κ3) is 5.65. The SMILES string of the molecule is CN(c1nc(C(F)(F)F)c(C(=O)Cc2ccc(N3CCC(c4ccccc4)CC3)nc2)o1)C1CCCC1. The minimum atomic E-state index is -4.78. The van der Waals surface area contributed by atoms with Crippen LogP contribution in [0.3, 0.4) is 0 Å². The number of Topliss-reactive ketones (excluding diaryl/α,β-unsaturated/α-hetero) is 1. The summed E-state index contributed by atoms with van der Waals surface area (Å²) in [6.45, 7) is 1.74. The predicted octanol–water partition coefficient (Wildman–Crippen LogP) is 6.28. The molecular weight excluding hydrogens is 481 g/mol. The first kappa shape index (κ1) is 25.3. The van der Waals surface area contributed by atoms with Gasteiger partial charge in [-0.15, -0.1) is 0 Å². The number of nitrogens with zero attached hydrogens (tertiary/aromatic N) is 4. The predicted molar refractivity (Wildman–Crippen MR) is 135 cm³/mol. The zero-order valence-electron chi connectivity index (χ0n) is 20.9. The molecule has 3 heterocycles. The summed E-state index contributed by atoms with van der Waals surface area (Å²) in [7, 11) is 1.67. The molecule has 0 bridgehead atoms. The van der Waals surface area contributed by atoms with Crippen LogP contribution in [0.2, 0.25) is 0 Å². The molecule has 1 saturated heterocycles. The zero-order valence-corrected chi connectivity index (χ0v) is 20.9. The topological polar surface area (TPSA) is 62.5 Å². The largest absolute Gasteiger partial charge is 0.437 e. The first-order chi connectivity index (χ1) is 17.8. The number of aromatic nitrogens is 2. The van der Waals surface area contributed by atoms with E-state index < -0.39 is 23.4 Å². The van der Waals surface area contributed by atoms with Crippen molar-refractivity contribution < 1.29 is 22.4 Å². The second kappa shape index (κ2) is 10.6. The summed E-state index contributed by atoms with van der Waals surface area (Å²) in [5, 5.41) is 0. The lowest BCUT2D eigenvalue weighted by atomic mass is 9.89. The molecule has 2 aliphatic rings. The van der Waals surface area contributed by atoms with E-state index in [1.165, 1.54) is 5.56 Å². The van der Waals surface area contributed by atoms with Gasteiger partial charge in [-0.2, -0.15) is 18.2 Å². The highest BCUT2D eigenvalue weighted by Crippen LogP contribution is 2.36. The van der Waals surface area contributed by atoms with Gasteiger partial charge in [-0.25, -0.2) is 4.98 Å². The summed E-state index contributed by atoms with van der Waals surface area (Å²) >= 11 is 0. The molecule has 3 aromatic rings. The minimum absolute atomic E-state index is 0.0668. The van der Waals surface area contributed by atoms with E-state index in [2.05, 4.69) is 39.1 Å². The molecule has 0 N–H and O–H groups in total. The zero-order chi connectivity index (χ0) is 26.0. The summed E-state index contributed by atoms with van der Waals surface area (Å²) in [4.78, 5) is 24.9. The Morgan fingerprint density at radius 1 is 1.05 bits per heavy atom. The second-order valence-corrected chi connectivity index (χ2v) is 10.0. The van der Waals surface area contributed by atoms with Gasteiger partial charge in [-0.05, 0) is 48.8 Å². The van der Waals surface area contributed by atoms with Gasteiger partial charge in [0, 0.05) is 38.8 Å². The van der Waals surface area contributed by atoms with E-state index in [-0.39, 0.29) is 18.5 Å². The summed E-state index contributed by atoms with van der Waals surface area (Å²) in [6, 6.07) is 14.0. The van der Waals surface area contributed by atoms with E-state index in [1.54, 1.807) is 24.2 Å². The van der Waals surface area contributed by atoms with Crippen molar-refractivity contribution in [3.8, 4) is 0 Å². The fraction of sp³-hybridized carbons (Fsp3) is 0.464. The Morgan fingerprint density at radius 3 is 2.38 bits per heavy atom. The van der Waals surface area contributed by atoms with Crippen LogP contribution in [-0.2, 0) is 12.6 Å². The molecule has 1 saturated carbocycles. The van der Waals surface area contributed by atoms with Crippen LogP contribution in [0, 0.1) is 0 Å². The van der Waals surface area contributed by atoms with Crippen LogP contribution in [-0.4, -0.2) is 41.9 Å². The standard InChI is InChI=1S/C28H31F3N4O2/c1-34(22-9-5-6-10-22)27-33-26(28(29,30)31)25(37-27)23(36)17-19-11-12-24(32-18-19)35-15-13-21(14-16-35)20-7-3-2-4-8-20/h2-4,7-8,11-12,18,21-22H,5-6,9-10,13-17H2,1H3. The molecule has 0 atom stereocenters. The Labute approximate surface area is 214 Å². The number of rotatable bonds is 7. The molecule has 0 unspecified atom stereocenters. The van der Waals surface area contributed by atoms with Crippen LogP contribution in [0.4, 0.5) is 25.0 Å². The molecule has 2 aromatic heterocycles. The lowest BCUT2D eigenvalue weighted by Gasteiger charge is -2.33. The number of carbonyl (C=O) groups is 1. The third-order valence-electron chi connectivity index (χ3n) is 7.58. The maximum atomic E-state index is 13.7. The van der Waals surface area contributed by atoms with Gasteiger partial charge >= 0.3 is 6.18 Å². The summed E-state index contributed by atoms with van der Waals surface area (Å²) in [5.74, 6) is -0.168. The van der Waals surface area contributed by atoms with Crippen molar-refractivity contribution in [2.75, 3.05) is 29.9 Å². The van der Waals surface area contributed by atoms with E-state index in [1.807, 2.05) is 12.1 Å². The lowest BCUT2D eigenvalue weighted by molar-refractivity contribution is -0.141. The maximum absolute atomic E-state index is 13.7. The van der Waals surface area contributed by atoms with E-state index in [9.17, 15) is 18.0 Å². The van der Waals surface area contributed by atoms with Gasteiger partial charge in [-0.3, -0.25) is 4.79 Å². The average Bonchev–Trinajstić information content (AvgIpc) is 3.60. The number of hydrogen-bond acceptors (Lipinski definition) is 6. The Kier molecular flexibility index (Phi) is 7.22. The van der Waals surface area contributed by atoms with Crippen molar-refractivity contribution in [2.24, 2.45) is 0 Å². The molecule has 1 aromatic carbocycles. The normalized spacial score (nSPS) is 17.4. The summed E-state index contributed by atoms with van der Waals surface area (Å²) in [6.07, 6.45) is 2.35. The minimum Gasteiger partial charge on any atom is -0.420 e. The molecule has 6 nitrogen and oxygen atoms in total. The van der Waals surface area contributed by atoms with Gasteiger partial charge < -0.3 is 14.2 Å². The lowest BCUT2D eigenvalue weighted by Crippen LogP contribution is -2.33. The first-order valence-corrected chi connectivity index (χ1v) is 12.9. The summed E-state index contributed by atoms with van der Waals surface area (Å²) in [5.41, 5.74) is 0.624. The van der Waals surface area contributed by atoms with Crippen molar-refractivity contribution in [3.05, 3.63) is 71.2 Å². The third-order valence-corrected chi connectivity index (χ3v) is 7.58. The monoisotopic (exact) mass is 512 g/mol. The van der Waals surface area contributed by atoms with E-state index >= 15 is 0 Å². The van der Waals surface area contributed by atoms with Crippen molar-refractivity contribution in [1.82, 2.24) is 9.97 Å². The highest BCUT2D eigenvalue weighted by atomic mass is 19.4. The van der Waals surface area contributed by atoms with Crippen LogP contribution < -0.4 is 9.80 Å². The van der Waals surface area contributed by atoms with Crippen LogP contribution >= 0.6 is 0 Å². The number of alkyl halides is 3. The van der Waals surface area contributed by atoms with E-state index in [4.69, 9.17) is 4.42 Å². The van der Waals surface area contributed by atoms with Crippen molar-refractivity contribution in [3.63, 3.8) is 0 Å². The Hall–Kier alpha value is -3.36. The number of piperidine rings is 1. The molecule has 5 rings (SSSR count). The highest BCUT2D eigenvalue weighted by molar-refractivity contribution is 5.96. The number of halogens is 3. The van der Waals surface area contributed by atoms with Gasteiger partial charge in [0.1, 0.15) is 5.82 Å². The van der Waals surface area contributed by atoms with E-state index in [0.717, 1.165) is 57.4 Å². The molecule has 0 spiro atoms. The number of hydrogen-bond donors (Lipinski definition) is 0. The molecule has 2 fully saturated rings. The van der Waals surface area contributed by atoms with Gasteiger partial charge in [-0.1, -0.05) is 49.2 Å². The van der Waals surface area contributed by atoms with E-state index in [0.29, 0.717) is 11.5 Å². The average molecular weight is 513 g/mol. The quantitative estimate of drug-likeness (QED) is 0.348. The van der Waals surface area contributed by atoms with Crippen LogP contribution in [0.5, 0.6) is 0 Å². The van der Waals surface area contributed by atoms with Gasteiger partial charge in [0.05, 0.1) is 0 Å².